The second-order valence-electron chi connectivity index (χ2n) is 5.58. The van der Waals surface area contributed by atoms with E-state index in [9.17, 15) is 9.18 Å². The Morgan fingerprint density at radius 2 is 2.12 bits per heavy atom. The van der Waals surface area contributed by atoms with E-state index in [1.54, 1.807) is 31.5 Å². The first-order valence-electron chi connectivity index (χ1n) is 7.74. The number of urea groups is 1. The first-order valence-corrected chi connectivity index (χ1v) is 7.74. The number of aromatic amines is 1. The lowest BCUT2D eigenvalue weighted by atomic mass is 10.1. The summed E-state index contributed by atoms with van der Waals surface area (Å²) in [5.41, 5.74) is 2.17. The highest BCUT2D eigenvalue weighted by Crippen LogP contribution is 2.26. The standard InChI is InChI=1S/C17H18FN5O2/c1-10(25-2)8-20-17(24)21-15-7-14-13(9-19-15)16(23-22-14)11-3-5-12(18)6-4-11/h3-7,9-10H,8H2,1-2H3,(H,22,23)(H2,19,20,21,24)/t10-/m1/s1. The molecular weight excluding hydrogens is 325 g/mol. The van der Waals surface area contributed by atoms with E-state index in [1.165, 1.54) is 12.1 Å². The summed E-state index contributed by atoms with van der Waals surface area (Å²) >= 11 is 0. The number of nitrogens with zero attached hydrogens (tertiary/aromatic N) is 2. The molecule has 0 saturated carbocycles. The van der Waals surface area contributed by atoms with E-state index in [0.29, 0.717) is 18.1 Å². The number of rotatable bonds is 5. The third kappa shape index (κ3) is 3.92. The van der Waals surface area contributed by atoms with E-state index < -0.39 is 0 Å². The van der Waals surface area contributed by atoms with Gasteiger partial charge in [0, 0.05) is 36.9 Å². The first-order chi connectivity index (χ1) is 12.1. The van der Waals surface area contributed by atoms with Crippen LogP contribution in [-0.2, 0) is 4.74 Å². The van der Waals surface area contributed by atoms with Gasteiger partial charge in [-0.3, -0.25) is 10.4 Å². The molecular formula is C17H18FN5O2. The molecule has 3 rings (SSSR count). The zero-order chi connectivity index (χ0) is 17.8. The number of benzene rings is 1. The van der Waals surface area contributed by atoms with Gasteiger partial charge in [0.15, 0.2) is 0 Å². The van der Waals surface area contributed by atoms with Crippen LogP contribution in [0.15, 0.2) is 36.5 Å². The van der Waals surface area contributed by atoms with Crippen LogP contribution in [0.3, 0.4) is 0 Å². The van der Waals surface area contributed by atoms with Crippen LogP contribution in [0.2, 0.25) is 0 Å². The number of aromatic nitrogens is 3. The quantitative estimate of drug-likeness (QED) is 0.664. The summed E-state index contributed by atoms with van der Waals surface area (Å²) in [6.45, 7) is 2.25. The van der Waals surface area contributed by atoms with E-state index in [4.69, 9.17) is 4.74 Å². The molecule has 25 heavy (non-hydrogen) atoms. The van der Waals surface area contributed by atoms with E-state index in [2.05, 4.69) is 25.8 Å². The smallest absolute Gasteiger partial charge is 0.320 e. The molecule has 1 atom stereocenters. The van der Waals surface area contributed by atoms with E-state index in [1.807, 2.05) is 6.92 Å². The lowest BCUT2D eigenvalue weighted by molar-refractivity contribution is 0.119. The maximum Gasteiger partial charge on any atom is 0.320 e. The Bertz CT molecular complexity index is 878. The maximum absolute atomic E-state index is 13.1. The predicted octanol–water partition coefficient (Wildman–Crippen LogP) is 2.92. The van der Waals surface area contributed by atoms with Crippen molar-refractivity contribution in [3.05, 3.63) is 42.3 Å². The fourth-order valence-corrected chi connectivity index (χ4v) is 2.29. The summed E-state index contributed by atoms with van der Waals surface area (Å²) < 4.78 is 18.1. The van der Waals surface area contributed by atoms with Crippen molar-refractivity contribution in [1.29, 1.82) is 0 Å². The molecule has 2 amide bonds. The van der Waals surface area contributed by atoms with Crippen LogP contribution >= 0.6 is 0 Å². The number of fused-ring (bicyclic) bond motifs is 1. The number of carbonyl (C=O) groups excluding carboxylic acids is 1. The highest BCUT2D eigenvalue weighted by molar-refractivity contribution is 5.95. The minimum atomic E-state index is -0.367. The van der Waals surface area contributed by atoms with Crippen LogP contribution in [0.1, 0.15) is 6.92 Å². The van der Waals surface area contributed by atoms with Gasteiger partial charge in [-0.15, -0.1) is 0 Å². The van der Waals surface area contributed by atoms with E-state index >= 15 is 0 Å². The Balaban J connectivity index is 1.75. The van der Waals surface area contributed by atoms with Crippen LogP contribution in [0.4, 0.5) is 15.0 Å². The molecule has 0 aliphatic heterocycles. The summed E-state index contributed by atoms with van der Waals surface area (Å²) in [5.74, 6) is 0.0892. The average Bonchev–Trinajstić information content (AvgIpc) is 3.03. The number of hydrogen-bond acceptors (Lipinski definition) is 4. The number of anilines is 1. The van der Waals surface area contributed by atoms with Gasteiger partial charge in [0.25, 0.3) is 0 Å². The summed E-state index contributed by atoms with van der Waals surface area (Å²) in [6, 6.07) is 7.39. The molecule has 3 N–H and O–H groups in total. The molecule has 3 aromatic rings. The monoisotopic (exact) mass is 343 g/mol. The molecule has 0 aliphatic rings. The first kappa shape index (κ1) is 16.8. The minimum Gasteiger partial charge on any atom is -0.380 e. The van der Waals surface area contributed by atoms with Crippen LogP contribution in [-0.4, -0.2) is 41.0 Å². The number of hydrogen-bond donors (Lipinski definition) is 3. The predicted molar refractivity (Wildman–Crippen MR) is 92.8 cm³/mol. The van der Waals surface area contributed by atoms with Gasteiger partial charge in [-0.05, 0) is 31.2 Å². The zero-order valence-electron chi connectivity index (χ0n) is 13.8. The third-order valence-electron chi connectivity index (χ3n) is 3.76. The minimum absolute atomic E-state index is 0.0768. The Morgan fingerprint density at radius 1 is 1.36 bits per heavy atom. The summed E-state index contributed by atoms with van der Waals surface area (Å²) in [6.07, 6.45) is 1.54. The number of nitrogens with one attached hydrogen (secondary N) is 3. The molecule has 7 nitrogen and oxygen atoms in total. The van der Waals surface area contributed by atoms with Crippen molar-refractivity contribution >= 4 is 22.8 Å². The van der Waals surface area contributed by atoms with E-state index in [0.717, 1.165) is 16.5 Å². The van der Waals surface area contributed by atoms with Crippen molar-refractivity contribution in [2.24, 2.45) is 0 Å². The van der Waals surface area contributed by atoms with Crippen LogP contribution in [0, 0.1) is 5.82 Å². The fourth-order valence-electron chi connectivity index (χ4n) is 2.29. The lowest BCUT2D eigenvalue weighted by Crippen LogP contribution is -2.35. The molecule has 130 valence electrons. The number of H-pyrrole nitrogens is 1. The van der Waals surface area contributed by atoms with Crippen molar-refractivity contribution in [3.63, 3.8) is 0 Å². The molecule has 1 aromatic carbocycles. The SMILES string of the molecule is CO[C@H](C)CNC(=O)Nc1cc2[nH]nc(-c3ccc(F)cc3)c2cn1. The number of halogens is 1. The van der Waals surface area contributed by atoms with Gasteiger partial charge in [-0.2, -0.15) is 5.10 Å². The van der Waals surface area contributed by atoms with Gasteiger partial charge in [0.1, 0.15) is 17.3 Å². The molecule has 0 aliphatic carbocycles. The summed E-state index contributed by atoms with van der Waals surface area (Å²) in [5, 5.41) is 13.3. The van der Waals surface area contributed by atoms with Crippen molar-refractivity contribution in [2.75, 3.05) is 19.0 Å². The van der Waals surface area contributed by atoms with Crippen molar-refractivity contribution in [2.45, 2.75) is 13.0 Å². The van der Waals surface area contributed by atoms with Crippen molar-refractivity contribution < 1.29 is 13.9 Å². The maximum atomic E-state index is 13.1. The van der Waals surface area contributed by atoms with Crippen molar-refractivity contribution in [1.82, 2.24) is 20.5 Å². The normalized spacial score (nSPS) is 12.1. The molecule has 8 heteroatoms. The highest BCUT2D eigenvalue weighted by atomic mass is 19.1. The molecule has 0 fully saturated rings. The number of ether oxygens (including phenoxy) is 1. The van der Waals surface area contributed by atoms with Gasteiger partial charge in [-0.25, -0.2) is 14.2 Å². The molecule has 0 saturated heterocycles. The van der Waals surface area contributed by atoms with Gasteiger partial charge < -0.3 is 10.1 Å². The van der Waals surface area contributed by atoms with Gasteiger partial charge in [0.05, 0.1) is 11.6 Å². The Kier molecular flexibility index (Phi) is 4.90. The molecule has 0 unspecified atom stereocenters. The Hall–Kier alpha value is -3.00. The van der Waals surface area contributed by atoms with Crippen LogP contribution in [0.25, 0.3) is 22.2 Å². The highest BCUT2D eigenvalue weighted by Gasteiger charge is 2.11. The van der Waals surface area contributed by atoms with Gasteiger partial charge in [-0.1, -0.05) is 0 Å². The Morgan fingerprint density at radius 3 is 2.84 bits per heavy atom. The average molecular weight is 343 g/mol. The van der Waals surface area contributed by atoms with Gasteiger partial charge in [0.2, 0.25) is 0 Å². The molecule has 0 bridgehead atoms. The third-order valence-corrected chi connectivity index (χ3v) is 3.76. The largest absolute Gasteiger partial charge is 0.380 e. The zero-order valence-corrected chi connectivity index (χ0v) is 13.8. The van der Waals surface area contributed by atoms with Crippen LogP contribution < -0.4 is 10.6 Å². The number of amides is 2. The number of methoxy groups -OCH3 is 1. The van der Waals surface area contributed by atoms with Crippen LogP contribution in [0.5, 0.6) is 0 Å². The number of pyridine rings is 1. The van der Waals surface area contributed by atoms with Gasteiger partial charge >= 0.3 is 6.03 Å². The fraction of sp³-hybridized carbons (Fsp3) is 0.235. The molecule has 0 spiro atoms. The second-order valence-corrected chi connectivity index (χ2v) is 5.58. The number of carbonyl (C=O) groups is 1. The Labute approximate surface area is 143 Å². The molecule has 0 radical (unpaired) electrons. The van der Waals surface area contributed by atoms with E-state index in [-0.39, 0.29) is 18.0 Å². The molecule has 2 heterocycles. The summed E-state index contributed by atoms with van der Waals surface area (Å²) in [4.78, 5) is 16.1. The topological polar surface area (TPSA) is 91.9 Å². The molecule has 2 aromatic heterocycles. The second kappa shape index (κ2) is 7.27. The summed E-state index contributed by atoms with van der Waals surface area (Å²) in [7, 11) is 1.58. The lowest BCUT2D eigenvalue weighted by Gasteiger charge is -2.11. The van der Waals surface area contributed by atoms with Crippen molar-refractivity contribution in [3.8, 4) is 11.3 Å².